The Morgan fingerprint density at radius 1 is 1.21 bits per heavy atom. The molecule has 8 nitrogen and oxygen atoms in total. The van der Waals surface area contributed by atoms with Gasteiger partial charge in [0, 0.05) is 25.3 Å². The van der Waals surface area contributed by atoms with E-state index in [1.165, 1.54) is 9.47 Å². The first kappa shape index (κ1) is 23.0. The fourth-order valence-electron chi connectivity index (χ4n) is 4.31. The summed E-state index contributed by atoms with van der Waals surface area (Å²) in [5, 5.41) is 11.8. The zero-order valence-electron chi connectivity index (χ0n) is 18.9. The Hall–Kier alpha value is -3.17. The van der Waals surface area contributed by atoms with Crippen LogP contribution in [0.15, 0.2) is 17.1 Å². The van der Waals surface area contributed by atoms with Crippen LogP contribution in [-0.2, 0) is 4.74 Å². The van der Waals surface area contributed by atoms with E-state index < -0.39 is 46.3 Å². The number of pyridine rings is 1. The molecule has 1 saturated carbocycles. The minimum absolute atomic E-state index is 0.0971. The second-order valence-electron chi connectivity index (χ2n) is 9.87. The molecule has 178 valence electrons. The Bertz CT molecular complexity index is 1200. The quantitative estimate of drug-likeness (QED) is 0.718. The summed E-state index contributed by atoms with van der Waals surface area (Å²) in [7, 11) is 0. The number of nitrogens with one attached hydrogen (secondary N) is 1. The lowest BCUT2D eigenvalue weighted by Crippen LogP contribution is -2.42. The Kier molecular flexibility index (Phi) is 5.58. The number of amides is 1. The number of anilines is 1. The lowest BCUT2D eigenvalue weighted by Gasteiger charge is -2.24. The summed E-state index contributed by atoms with van der Waals surface area (Å²) in [6.07, 6.45) is 1.97. The molecular formula is C23H27F2N3O5. The highest BCUT2D eigenvalue weighted by molar-refractivity contribution is 5.94. The molecule has 33 heavy (non-hydrogen) atoms. The Morgan fingerprint density at radius 2 is 1.88 bits per heavy atom. The van der Waals surface area contributed by atoms with Gasteiger partial charge in [0.05, 0.1) is 16.9 Å². The van der Waals surface area contributed by atoms with Crippen LogP contribution in [0.2, 0.25) is 0 Å². The highest BCUT2D eigenvalue weighted by Gasteiger charge is 2.36. The van der Waals surface area contributed by atoms with E-state index in [-0.39, 0.29) is 41.6 Å². The van der Waals surface area contributed by atoms with Crippen LogP contribution in [0.4, 0.5) is 19.3 Å². The molecule has 0 bridgehead atoms. The van der Waals surface area contributed by atoms with E-state index in [2.05, 4.69) is 5.32 Å². The molecule has 2 aliphatic rings. The number of halogens is 2. The number of carboxylic acid groups (broad SMARTS) is 1. The van der Waals surface area contributed by atoms with Crippen molar-refractivity contribution in [2.24, 2.45) is 5.92 Å². The summed E-state index contributed by atoms with van der Waals surface area (Å²) in [5.41, 5.74) is -2.50. The van der Waals surface area contributed by atoms with Crippen molar-refractivity contribution in [2.75, 3.05) is 18.0 Å². The molecule has 1 saturated heterocycles. The standard InChI is InChI=1S/C23H27F2N3O5/c1-11-8-27(10-16(11)26-22(32)33-23(2,3)4)19-15(24)7-13-18(17(19)25)28(12-5-6-12)9-14(20(13)29)21(30)31/h7,9,11-12,16H,5-6,8,10H2,1-4H3,(H,26,32)(H,30,31). The molecule has 2 aromatic rings. The number of nitrogens with zero attached hydrogens (tertiary/aromatic N) is 2. The van der Waals surface area contributed by atoms with Crippen molar-refractivity contribution in [3.8, 4) is 0 Å². The zero-order valence-corrected chi connectivity index (χ0v) is 18.9. The second-order valence-corrected chi connectivity index (χ2v) is 9.87. The monoisotopic (exact) mass is 463 g/mol. The van der Waals surface area contributed by atoms with Gasteiger partial charge in [0.1, 0.15) is 22.7 Å². The zero-order chi connectivity index (χ0) is 24.2. The van der Waals surface area contributed by atoms with Crippen LogP contribution in [0.1, 0.15) is 56.9 Å². The molecule has 1 aromatic heterocycles. The first-order chi connectivity index (χ1) is 15.4. The van der Waals surface area contributed by atoms with E-state index in [0.29, 0.717) is 12.8 Å². The van der Waals surface area contributed by atoms with Crippen molar-refractivity contribution >= 4 is 28.7 Å². The minimum atomic E-state index is -1.44. The first-order valence-corrected chi connectivity index (χ1v) is 10.9. The highest BCUT2D eigenvalue weighted by Crippen LogP contribution is 2.40. The molecule has 2 N–H and O–H groups in total. The van der Waals surface area contributed by atoms with E-state index in [1.54, 1.807) is 20.8 Å². The lowest BCUT2D eigenvalue weighted by atomic mass is 10.1. The predicted molar refractivity (Wildman–Crippen MR) is 118 cm³/mol. The third kappa shape index (κ3) is 4.38. The molecule has 1 amide bonds. The van der Waals surface area contributed by atoms with Gasteiger partial charge in [-0.05, 0) is 45.6 Å². The maximum atomic E-state index is 15.8. The van der Waals surface area contributed by atoms with Crippen LogP contribution >= 0.6 is 0 Å². The van der Waals surface area contributed by atoms with Crippen LogP contribution in [-0.4, -0.2) is 46.5 Å². The Morgan fingerprint density at radius 3 is 2.45 bits per heavy atom. The van der Waals surface area contributed by atoms with Crippen LogP contribution in [0.5, 0.6) is 0 Å². The van der Waals surface area contributed by atoms with Crippen molar-refractivity contribution in [3.05, 3.63) is 39.7 Å². The Balaban J connectivity index is 1.73. The number of hydrogen-bond donors (Lipinski definition) is 2. The molecule has 0 radical (unpaired) electrons. The fraction of sp³-hybridized carbons (Fsp3) is 0.522. The van der Waals surface area contributed by atoms with Crippen LogP contribution in [0.3, 0.4) is 0 Å². The predicted octanol–water partition coefficient (Wildman–Crippen LogP) is 3.66. The molecule has 1 aliphatic carbocycles. The molecule has 1 aliphatic heterocycles. The van der Waals surface area contributed by atoms with Crippen molar-refractivity contribution in [2.45, 2.75) is 58.2 Å². The van der Waals surface area contributed by atoms with Gasteiger partial charge in [0.2, 0.25) is 5.43 Å². The number of fused-ring (bicyclic) bond motifs is 1. The van der Waals surface area contributed by atoms with Crippen LogP contribution in [0.25, 0.3) is 10.9 Å². The number of carbonyl (C=O) groups excluding carboxylic acids is 1. The average Bonchev–Trinajstić information content (AvgIpc) is 3.45. The molecule has 0 spiro atoms. The number of aromatic nitrogens is 1. The fourth-order valence-corrected chi connectivity index (χ4v) is 4.31. The summed E-state index contributed by atoms with van der Waals surface area (Å²) >= 11 is 0. The van der Waals surface area contributed by atoms with Gasteiger partial charge in [-0.3, -0.25) is 4.79 Å². The van der Waals surface area contributed by atoms with Crippen molar-refractivity contribution in [1.29, 1.82) is 0 Å². The van der Waals surface area contributed by atoms with Gasteiger partial charge in [-0.2, -0.15) is 0 Å². The van der Waals surface area contributed by atoms with Crippen LogP contribution in [0, 0.1) is 17.6 Å². The first-order valence-electron chi connectivity index (χ1n) is 10.9. The summed E-state index contributed by atoms with van der Waals surface area (Å²) in [6.45, 7) is 7.52. The summed E-state index contributed by atoms with van der Waals surface area (Å²) in [4.78, 5) is 37.8. The molecule has 4 rings (SSSR count). The number of alkyl carbamates (subject to hydrolysis) is 1. The van der Waals surface area contributed by atoms with Crippen molar-refractivity contribution in [1.82, 2.24) is 9.88 Å². The van der Waals surface area contributed by atoms with E-state index in [0.717, 1.165) is 12.3 Å². The van der Waals surface area contributed by atoms with Gasteiger partial charge in [0.15, 0.2) is 5.82 Å². The molecule has 10 heteroatoms. The molecule has 2 fully saturated rings. The van der Waals surface area contributed by atoms with Crippen molar-refractivity contribution < 1.29 is 28.2 Å². The van der Waals surface area contributed by atoms with E-state index >= 15 is 8.78 Å². The van der Waals surface area contributed by atoms with Gasteiger partial charge < -0.3 is 24.6 Å². The van der Waals surface area contributed by atoms with E-state index in [9.17, 15) is 19.5 Å². The SMILES string of the molecule is CC1CN(c2c(F)cc3c(=O)c(C(=O)O)cn(C4CC4)c3c2F)CC1NC(=O)OC(C)(C)C. The largest absolute Gasteiger partial charge is 0.477 e. The number of carbonyl (C=O) groups is 2. The number of ether oxygens (including phenoxy) is 1. The molecule has 1 aromatic carbocycles. The molecule has 2 heterocycles. The Labute approximate surface area is 189 Å². The smallest absolute Gasteiger partial charge is 0.407 e. The van der Waals surface area contributed by atoms with E-state index in [1.807, 2.05) is 6.92 Å². The molecular weight excluding hydrogens is 436 g/mol. The molecule has 2 atom stereocenters. The van der Waals surface area contributed by atoms with E-state index in [4.69, 9.17) is 4.74 Å². The maximum Gasteiger partial charge on any atom is 0.407 e. The van der Waals surface area contributed by atoms with Crippen LogP contribution < -0.4 is 15.6 Å². The van der Waals surface area contributed by atoms with Gasteiger partial charge in [-0.15, -0.1) is 0 Å². The topological polar surface area (TPSA) is 101 Å². The summed E-state index contributed by atoms with van der Waals surface area (Å²) in [5.74, 6) is -3.42. The number of rotatable bonds is 4. The maximum absolute atomic E-state index is 15.8. The third-order valence-electron chi connectivity index (χ3n) is 5.99. The van der Waals surface area contributed by atoms with Gasteiger partial charge >= 0.3 is 12.1 Å². The normalized spacial score (nSPS) is 20.8. The number of benzene rings is 1. The minimum Gasteiger partial charge on any atom is -0.477 e. The third-order valence-corrected chi connectivity index (χ3v) is 5.99. The number of hydrogen-bond acceptors (Lipinski definition) is 5. The average molecular weight is 463 g/mol. The lowest BCUT2D eigenvalue weighted by molar-refractivity contribution is 0.0499. The second kappa shape index (κ2) is 8.00. The summed E-state index contributed by atoms with van der Waals surface area (Å²) < 4.78 is 37.6. The number of carboxylic acids is 1. The van der Waals surface area contributed by atoms with Crippen molar-refractivity contribution in [3.63, 3.8) is 0 Å². The molecule has 2 unspecified atom stereocenters. The summed E-state index contributed by atoms with van der Waals surface area (Å²) in [6, 6.07) is 0.383. The van der Waals surface area contributed by atoms with Gasteiger partial charge in [-0.25, -0.2) is 18.4 Å². The highest BCUT2D eigenvalue weighted by atomic mass is 19.1. The van der Waals surface area contributed by atoms with Gasteiger partial charge in [-0.1, -0.05) is 6.92 Å². The van der Waals surface area contributed by atoms with Gasteiger partial charge in [0.25, 0.3) is 0 Å². The number of aromatic carboxylic acids is 1.